The zero-order valence-corrected chi connectivity index (χ0v) is 9.91. The van der Waals surface area contributed by atoms with E-state index < -0.39 is 0 Å². The Morgan fingerprint density at radius 2 is 1.67 bits per heavy atom. The number of unbranched alkanes of at least 4 members (excludes halogenated alkanes) is 1. The molecule has 0 heterocycles. The molecule has 0 amide bonds. The summed E-state index contributed by atoms with van der Waals surface area (Å²) in [6, 6.07) is 0. The SMILES string of the molecule is CCCCSC(C)C(CC)CC. The highest BCUT2D eigenvalue weighted by atomic mass is 32.2. The standard InChI is InChI=1S/C11H24S/c1-5-8-9-12-10(4)11(6-2)7-3/h10-11H,5-9H2,1-4H3. The van der Waals surface area contributed by atoms with Gasteiger partial charge in [0.15, 0.2) is 0 Å². The van der Waals surface area contributed by atoms with Crippen LogP contribution in [0, 0.1) is 5.92 Å². The van der Waals surface area contributed by atoms with E-state index in [1.165, 1.54) is 31.4 Å². The minimum Gasteiger partial charge on any atom is -0.159 e. The van der Waals surface area contributed by atoms with Crippen molar-refractivity contribution in [1.29, 1.82) is 0 Å². The maximum Gasteiger partial charge on any atom is 0.00467 e. The van der Waals surface area contributed by atoms with E-state index in [2.05, 4.69) is 39.5 Å². The van der Waals surface area contributed by atoms with Gasteiger partial charge in [0.1, 0.15) is 0 Å². The molecule has 0 N–H and O–H groups in total. The van der Waals surface area contributed by atoms with Crippen molar-refractivity contribution in [3.05, 3.63) is 0 Å². The third kappa shape index (κ3) is 5.08. The molecular weight excluding hydrogens is 164 g/mol. The first-order valence-electron chi connectivity index (χ1n) is 5.37. The quantitative estimate of drug-likeness (QED) is 0.535. The van der Waals surface area contributed by atoms with Crippen LogP contribution in [0.25, 0.3) is 0 Å². The van der Waals surface area contributed by atoms with E-state index in [4.69, 9.17) is 0 Å². The fraction of sp³-hybridized carbons (Fsp3) is 1.00. The normalized spacial score (nSPS) is 13.8. The van der Waals surface area contributed by atoms with Gasteiger partial charge in [0.05, 0.1) is 0 Å². The van der Waals surface area contributed by atoms with Gasteiger partial charge in [-0.15, -0.1) is 0 Å². The van der Waals surface area contributed by atoms with Crippen molar-refractivity contribution in [3.8, 4) is 0 Å². The second kappa shape index (κ2) is 7.97. The molecule has 0 fully saturated rings. The van der Waals surface area contributed by atoms with Crippen LogP contribution < -0.4 is 0 Å². The van der Waals surface area contributed by atoms with Crippen LogP contribution >= 0.6 is 11.8 Å². The molecule has 12 heavy (non-hydrogen) atoms. The number of hydrogen-bond acceptors (Lipinski definition) is 1. The lowest BCUT2D eigenvalue weighted by Crippen LogP contribution is -2.12. The van der Waals surface area contributed by atoms with Gasteiger partial charge >= 0.3 is 0 Å². The molecule has 1 unspecified atom stereocenters. The smallest absolute Gasteiger partial charge is 0.00467 e. The number of thioether (sulfide) groups is 1. The molecule has 0 saturated carbocycles. The molecule has 0 aliphatic carbocycles. The summed E-state index contributed by atoms with van der Waals surface area (Å²) in [6.07, 6.45) is 5.41. The predicted octanol–water partition coefficient (Wildman–Crippen LogP) is 4.34. The van der Waals surface area contributed by atoms with E-state index >= 15 is 0 Å². The minimum absolute atomic E-state index is 0.867. The van der Waals surface area contributed by atoms with Crippen LogP contribution in [0.1, 0.15) is 53.4 Å². The number of hydrogen-bond donors (Lipinski definition) is 0. The number of rotatable bonds is 7. The molecule has 0 aliphatic rings. The van der Waals surface area contributed by atoms with Crippen LogP contribution in [-0.4, -0.2) is 11.0 Å². The van der Waals surface area contributed by atoms with E-state index in [0.29, 0.717) is 0 Å². The van der Waals surface area contributed by atoms with E-state index in [1.807, 2.05) is 0 Å². The summed E-state index contributed by atoms with van der Waals surface area (Å²) in [7, 11) is 0. The predicted molar refractivity (Wildman–Crippen MR) is 60.9 cm³/mol. The third-order valence-corrected chi connectivity index (χ3v) is 4.03. The molecule has 0 rings (SSSR count). The van der Waals surface area contributed by atoms with Crippen molar-refractivity contribution in [2.75, 3.05) is 5.75 Å². The first kappa shape index (κ1) is 12.3. The van der Waals surface area contributed by atoms with Gasteiger partial charge in [-0.3, -0.25) is 0 Å². The van der Waals surface area contributed by atoms with Crippen LogP contribution in [0.2, 0.25) is 0 Å². The van der Waals surface area contributed by atoms with Crippen LogP contribution in [0.4, 0.5) is 0 Å². The van der Waals surface area contributed by atoms with E-state index in [1.54, 1.807) is 0 Å². The Balaban J connectivity index is 3.47. The highest BCUT2D eigenvalue weighted by Crippen LogP contribution is 2.25. The van der Waals surface area contributed by atoms with Gasteiger partial charge in [-0.25, -0.2) is 0 Å². The van der Waals surface area contributed by atoms with Crippen molar-refractivity contribution in [2.24, 2.45) is 5.92 Å². The zero-order valence-electron chi connectivity index (χ0n) is 9.10. The first-order valence-corrected chi connectivity index (χ1v) is 6.42. The van der Waals surface area contributed by atoms with Crippen molar-refractivity contribution in [1.82, 2.24) is 0 Å². The molecule has 1 heteroatoms. The van der Waals surface area contributed by atoms with Gasteiger partial charge in [-0.05, 0) is 18.1 Å². The van der Waals surface area contributed by atoms with Crippen molar-refractivity contribution < 1.29 is 0 Å². The largest absolute Gasteiger partial charge is 0.159 e. The van der Waals surface area contributed by atoms with Gasteiger partial charge < -0.3 is 0 Å². The first-order chi connectivity index (χ1) is 5.76. The van der Waals surface area contributed by atoms with Gasteiger partial charge in [-0.1, -0.05) is 47.0 Å². The summed E-state index contributed by atoms with van der Waals surface area (Å²) in [5, 5.41) is 0.867. The van der Waals surface area contributed by atoms with E-state index in [-0.39, 0.29) is 0 Å². The average molecular weight is 188 g/mol. The molecule has 0 bridgehead atoms. The van der Waals surface area contributed by atoms with E-state index in [0.717, 1.165) is 11.2 Å². The van der Waals surface area contributed by atoms with Gasteiger partial charge in [0, 0.05) is 5.25 Å². The Morgan fingerprint density at radius 3 is 2.08 bits per heavy atom. The highest BCUT2D eigenvalue weighted by Gasteiger charge is 2.12. The summed E-state index contributed by atoms with van der Waals surface area (Å²) in [5.74, 6) is 2.29. The molecule has 74 valence electrons. The molecule has 0 spiro atoms. The summed E-state index contributed by atoms with van der Waals surface area (Å²) in [5.41, 5.74) is 0. The lowest BCUT2D eigenvalue weighted by Gasteiger charge is -2.20. The molecule has 0 aromatic carbocycles. The molecule has 0 nitrogen and oxygen atoms in total. The summed E-state index contributed by atoms with van der Waals surface area (Å²) in [4.78, 5) is 0. The molecule has 0 aliphatic heterocycles. The zero-order chi connectivity index (χ0) is 9.40. The van der Waals surface area contributed by atoms with Gasteiger partial charge in [-0.2, -0.15) is 11.8 Å². The topological polar surface area (TPSA) is 0 Å². The molecule has 0 aromatic rings. The molecule has 0 radical (unpaired) electrons. The van der Waals surface area contributed by atoms with Crippen LogP contribution in [0.5, 0.6) is 0 Å². The molecular formula is C11H24S. The maximum absolute atomic E-state index is 2.39. The van der Waals surface area contributed by atoms with Crippen molar-refractivity contribution in [2.45, 2.75) is 58.6 Å². The second-order valence-electron chi connectivity index (χ2n) is 3.51. The monoisotopic (exact) mass is 188 g/mol. The minimum atomic E-state index is 0.867. The lowest BCUT2D eigenvalue weighted by molar-refractivity contribution is 0.489. The molecule has 0 saturated heterocycles. The Bertz CT molecular complexity index is 87.0. The molecule has 0 aromatic heterocycles. The maximum atomic E-state index is 2.39. The summed E-state index contributed by atoms with van der Waals surface area (Å²) >= 11 is 2.16. The fourth-order valence-corrected chi connectivity index (χ4v) is 2.99. The van der Waals surface area contributed by atoms with Crippen molar-refractivity contribution in [3.63, 3.8) is 0 Å². The van der Waals surface area contributed by atoms with Crippen LogP contribution in [0.15, 0.2) is 0 Å². The van der Waals surface area contributed by atoms with E-state index in [9.17, 15) is 0 Å². The lowest BCUT2D eigenvalue weighted by atomic mass is 10.0. The third-order valence-electron chi connectivity index (χ3n) is 2.59. The fourth-order valence-electron chi connectivity index (χ4n) is 1.50. The van der Waals surface area contributed by atoms with Gasteiger partial charge in [0.25, 0.3) is 0 Å². The Labute approximate surface area is 82.5 Å². The Kier molecular flexibility index (Phi) is 8.20. The van der Waals surface area contributed by atoms with Crippen molar-refractivity contribution >= 4 is 11.8 Å². The van der Waals surface area contributed by atoms with Crippen LogP contribution in [-0.2, 0) is 0 Å². The summed E-state index contributed by atoms with van der Waals surface area (Å²) in [6.45, 7) is 9.27. The Morgan fingerprint density at radius 1 is 1.08 bits per heavy atom. The summed E-state index contributed by atoms with van der Waals surface area (Å²) < 4.78 is 0. The highest BCUT2D eigenvalue weighted by molar-refractivity contribution is 7.99. The van der Waals surface area contributed by atoms with Gasteiger partial charge in [0.2, 0.25) is 0 Å². The molecule has 1 atom stereocenters. The Hall–Kier alpha value is 0.350. The second-order valence-corrected chi connectivity index (χ2v) is 4.99. The van der Waals surface area contributed by atoms with Crippen LogP contribution in [0.3, 0.4) is 0 Å². The average Bonchev–Trinajstić information content (AvgIpc) is 2.07.